The Balaban J connectivity index is 1.65. The molecule has 2 aromatic carbocycles. The molecule has 0 radical (unpaired) electrons. The molecule has 1 N–H and O–H groups in total. The third kappa shape index (κ3) is 6.01. The van der Waals surface area contributed by atoms with E-state index in [1.807, 2.05) is 37.4 Å². The van der Waals surface area contributed by atoms with Gasteiger partial charge in [-0.15, -0.1) is 0 Å². The van der Waals surface area contributed by atoms with Gasteiger partial charge in [-0.25, -0.2) is 8.42 Å². The molecular formula is C24H33N3O4S. The van der Waals surface area contributed by atoms with Crippen molar-refractivity contribution in [1.82, 2.24) is 9.62 Å². The van der Waals surface area contributed by atoms with Crippen molar-refractivity contribution in [3.63, 3.8) is 0 Å². The highest BCUT2D eigenvalue weighted by atomic mass is 32.2. The van der Waals surface area contributed by atoms with E-state index in [4.69, 9.17) is 4.74 Å². The zero-order chi connectivity index (χ0) is 23.0. The molecule has 0 aliphatic carbocycles. The average Bonchev–Trinajstić information content (AvgIpc) is 3.12. The topological polar surface area (TPSA) is 79.0 Å². The number of carbonyl (C=O) groups excluding carboxylic acids is 1. The molecule has 0 spiro atoms. The van der Waals surface area contributed by atoms with Crippen LogP contribution in [0.5, 0.6) is 5.75 Å². The van der Waals surface area contributed by atoms with E-state index >= 15 is 0 Å². The van der Waals surface area contributed by atoms with E-state index in [9.17, 15) is 13.2 Å². The van der Waals surface area contributed by atoms with Gasteiger partial charge in [-0.2, -0.15) is 4.31 Å². The minimum Gasteiger partial charge on any atom is -0.496 e. The molecule has 0 atom stereocenters. The molecule has 1 amide bonds. The van der Waals surface area contributed by atoms with Crippen LogP contribution in [0.1, 0.15) is 42.5 Å². The molecule has 0 aromatic heterocycles. The number of amides is 1. The largest absolute Gasteiger partial charge is 0.496 e. The molecule has 0 unspecified atom stereocenters. The van der Waals surface area contributed by atoms with Gasteiger partial charge in [-0.1, -0.05) is 31.0 Å². The Morgan fingerprint density at radius 2 is 1.75 bits per heavy atom. The lowest BCUT2D eigenvalue weighted by Gasteiger charge is -2.21. The maximum absolute atomic E-state index is 13.1. The van der Waals surface area contributed by atoms with Gasteiger partial charge in [0, 0.05) is 38.9 Å². The number of hydrogen-bond donors (Lipinski definition) is 1. The summed E-state index contributed by atoms with van der Waals surface area (Å²) in [6.07, 6.45) is 4.56. The molecule has 1 aliphatic heterocycles. The quantitative estimate of drug-likeness (QED) is 0.581. The number of methoxy groups -OCH3 is 1. The van der Waals surface area contributed by atoms with E-state index in [-0.39, 0.29) is 16.4 Å². The molecular weight excluding hydrogens is 426 g/mol. The highest BCUT2D eigenvalue weighted by Crippen LogP contribution is 2.26. The summed E-state index contributed by atoms with van der Waals surface area (Å²) >= 11 is 0. The van der Waals surface area contributed by atoms with Crippen LogP contribution in [0.15, 0.2) is 53.4 Å². The van der Waals surface area contributed by atoms with E-state index in [1.54, 1.807) is 6.07 Å². The summed E-state index contributed by atoms with van der Waals surface area (Å²) in [6.45, 7) is 2.29. The number of ether oxygens (including phenoxy) is 1. The van der Waals surface area contributed by atoms with E-state index < -0.39 is 10.0 Å². The van der Waals surface area contributed by atoms with Gasteiger partial charge < -0.3 is 15.0 Å². The number of rotatable bonds is 9. The molecule has 2 aromatic rings. The number of sulfonamides is 1. The molecule has 1 fully saturated rings. The molecule has 8 heteroatoms. The second-order valence-corrected chi connectivity index (χ2v) is 9.98. The number of anilines is 1. The Labute approximate surface area is 191 Å². The van der Waals surface area contributed by atoms with E-state index in [2.05, 4.69) is 10.2 Å². The molecule has 7 nitrogen and oxygen atoms in total. The summed E-state index contributed by atoms with van der Waals surface area (Å²) < 4.78 is 33.1. The Morgan fingerprint density at radius 1 is 1.06 bits per heavy atom. The lowest BCUT2D eigenvalue weighted by Crippen LogP contribution is -2.32. The molecule has 1 saturated heterocycles. The van der Waals surface area contributed by atoms with Gasteiger partial charge >= 0.3 is 0 Å². The van der Waals surface area contributed by atoms with Gasteiger partial charge in [-0.05, 0) is 49.6 Å². The van der Waals surface area contributed by atoms with Crippen LogP contribution in [-0.4, -0.2) is 59.0 Å². The van der Waals surface area contributed by atoms with E-state index in [0.717, 1.165) is 44.3 Å². The van der Waals surface area contributed by atoms with Crippen molar-refractivity contribution >= 4 is 21.6 Å². The normalized spacial score (nSPS) is 15.1. The molecule has 32 heavy (non-hydrogen) atoms. The van der Waals surface area contributed by atoms with Crippen LogP contribution >= 0.6 is 0 Å². The van der Waals surface area contributed by atoms with Gasteiger partial charge in [0.2, 0.25) is 10.0 Å². The average molecular weight is 460 g/mol. The Kier molecular flexibility index (Phi) is 8.53. The molecule has 0 bridgehead atoms. The third-order valence-corrected chi connectivity index (χ3v) is 7.67. The first kappa shape index (κ1) is 24.1. The van der Waals surface area contributed by atoms with Crippen LogP contribution in [0.2, 0.25) is 0 Å². The van der Waals surface area contributed by atoms with Crippen LogP contribution in [0.25, 0.3) is 0 Å². The second-order valence-electron chi connectivity index (χ2n) is 8.05. The molecule has 174 valence electrons. The lowest BCUT2D eigenvalue weighted by atomic mass is 10.2. The highest BCUT2D eigenvalue weighted by molar-refractivity contribution is 7.89. The smallest absolute Gasteiger partial charge is 0.255 e. The summed E-state index contributed by atoms with van der Waals surface area (Å²) in [5, 5.41) is 2.89. The molecule has 3 rings (SSSR count). The first-order valence-corrected chi connectivity index (χ1v) is 12.6. The Bertz CT molecular complexity index is 988. The first-order valence-electron chi connectivity index (χ1n) is 11.2. The van der Waals surface area contributed by atoms with Crippen LogP contribution < -0.4 is 15.0 Å². The van der Waals surface area contributed by atoms with Crippen molar-refractivity contribution in [1.29, 1.82) is 0 Å². The highest BCUT2D eigenvalue weighted by Gasteiger charge is 2.27. The predicted octanol–water partition coefficient (Wildman–Crippen LogP) is 3.52. The minimum absolute atomic E-state index is 0.133. The van der Waals surface area contributed by atoms with Gasteiger partial charge in [0.1, 0.15) is 5.75 Å². The zero-order valence-electron chi connectivity index (χ0n) is 18.9. The van der Waals surface area contributed by atoms with Gasteiger partial charge in [-0.3, -0.25) is 4.79 Å². The number of benzene rings is 2. The molecule has 0 saturated carbocycles. The fourth-order valence-electron chi connectivity index (χ4n) is 3.88. The van der Waals surface area contributed by atoms with Gasteiger partial charge in [0.25, 0.3) is 5.91 Å². The van der Waals surface area contributed by atoms with Crippen molar-refractivity contribution < 1.29 is 17.9 Å². The van der Waals surface area contributed by atoms with Crippen molar-refractivity contribution in [2.24, 2.45) is 0 Å². The van der Waals surface area contributed by atoms with Crippen molar-refractivity contribution in [2.75, 3.05) is 45.2 Å². The van der Waals surface area contributed by atoms with Gasteiger partial charge in [0.05, 0.1) is 17.6 Å². The standard InChI is InChI=1S/C24H33N3O4S/c1-26(20-11-6-5-7-12-20)16-10-15-25-24(28)22-19-21(13-14-23(22)31-2)32(29,30)27-17-8-3-4-9-18-27/h5-7,11-14,19H,3-4,8-10,15-18H2,1-2H3,(H,25,28). The van der Waals surface area contributed by atoms with Crippen LogP contribution in [-0.2, 0) is 10.0 Å². The summed E-state index contributed by atoms with van der Waals surface area (Å²) in [4.78, 5) is 15.1. The molecule has 1 aliphatic rings. The summed E-state index contributed by atoms with van der Waals surface area (Å²) in [7, 11) is -0.155. The van der Waals surface area contributed by atoms with E-state index in [0.29, 0.717) is 25.4 Å². The summed E-state index contributed by atoms with van der Waals surface area (Å²) in [6, 6.07) is 14.6. The summed E-state index contributed by atoms with van der Waals surface area (Å²) in [5.74, 6) is 0.0239. The fourth-order valence-corrected chi connectivity index (χ4v) is 5.42. The number of carbonyl (C=O) groups is 1. The number of hydrogen-bond acceptors (Lipinski definition) is 5. The fraction of sp³-hybridized carbons (Fsp3) is 0.458. The second kappa shape index (κ2) is 11.3. The maximum Gasteiger partial charge on any atom is 0.255 e. The van der Waals surface area contributed by atoms with Gasteiger partial charge in [0.15, 0.2) is 0 Å². The van der Waals surface area contributed by atoms with E-state index in [1.165, 1.54) is 23.5 Å². The third-order valence-electron chi connectivity index (χ3n) is 5.77. The Morgan fingerprint density at radius 3 is 2.41 bits per heavy atom. The van der Waals surface area contributed by atoms with Crippen LogP contribution in [0, 0.1) is 0 Å². The first-order chi connectivity index (χ1) is 15.4. The maximum atomic E-state index is 13.1. The zero-order valence-corrected chi connectivity index (χ0v) is 19.7. The van der Waals surface area contributed by atoms with Crippen molar-refractivity contribution in [2.45, 2.75) is 37.0 Å². The number of para-hydroxylation sites is 1. The minimum atomic E-state index is -3.64. The number of nitrogens with zero attached hydrogens (tertiary/aromatic N) is 2. The molecule has 1 heterocycles. The summed E-state index contributed by atoms with van der Waals surface area (Å²) in [5.41, 5.74) is 1.35. The van der Waals surface area contributed by atoms with Crippen molar-refractivity contribution in [3.05, 3.63) is 54.1 Å². The number of nitrogens with one attached hydrogen (secondary N) is 1. The monoisotopic (exact) mass is 459 g/mol. The SMILES string of the molecule is COc1ccc(S(=O)(=O)N2CCCCCC2)cc1C(=O)NCCCN(C)c1ccccc1. The van der Waals surface area contributed by atoms with Crippen LogP contribution in [0.4, 0.5) is 5.69 Å². The predicted molar refractivity (Wildman–Crippen MR) is 127 cm³/mol. The lowest BCUT2D eigenvalue weighted by molar-refractivity contribution is 0.0950. The Hall–Kier alpha value is -2.58. The van der Waals surface area contributed by atoms with Crippen LogP contribution in [0.3, 0.4) is 0 Å². The van der Waals surface area contributed by atoms with Crippen molar-refractivity contribution in [3.8, 4) is 5.75 Å².